The predicted octanol–water partition coefficient (Wildman–Crippen LogP) is 2.14. The van der Waals surface area contributed by atoms with Crippen LogP contribution in [-0.2, 0) is 20.7 Å². The fourth-order valence-corrected chi connectivity index (χ4v) is 3.34. The van der Waals surface area contributed by atoms with E-state index in [9.17, 15) is 14.4 Å². The third-order valence-electron chi connectivity index (χ3n) is 4.68. The van der Waals surface area contributed by atoms with Crippen molar-refractivity contribution in [3.63, 3.8) is 0 Å². The number of carbonyl (C=O) groups is 2. The van der Waals surface area contributed by atoms with Gasteiger partial charge in [0.1, 0.15) is 5.52 Å². The lowest BCUT2D eigenvalue weighted by molar-refractivity contribution is -0.151. The number of fused-ring (bicyclic) bond motifs is 3. The van der Waals surface area contributed by atoms with Gasteiger partial charge in [0, 0.05) is 41.3 Å². The first-order chi connectivity index (χ1) is 14.1. The lowest BCUT2D eigenvalue weighted by Crippen LogP contribution is -2.07. The minimum atomic E-state index is -0.621. The van der Waals surface area contributed by atoms with Crippen molar-refractivity contribution >= 4 is 40.2 Å². The highest BCUT2D eigenvalue weighted by atomic mass is 16.6. The highest BCUT2D eigenvalue weighted by Crippen LogP contribution is 2.29. The van der Waals surface area contributed by atoms with E-state index in [2.05, 4.69) is 30.0 Å². The largest absolute Gasteiger partial charge is 0.395 e. The van der Waals surface area contributed by atoms with Crippen LogP contribution in [0.4, 0.5) is 5.95 Å². The first kappa shape index (κ1) is 18.4. The van der Waals surface area contributed by atoms with Gasteiger partial charge in [0.15, 0.2) is 0 Å². The number of esters is 1. The zero-order chi connectivity index (χ0) is 20.4. The number of carbonyl (C=O) groups excluding carboxylic acids is 2. The molecule has 29 heavy (non-hydrogen) atoms. The number of rotatable bonds is 6. The summed E-state index contributed by atoms with van der Waals surface area (Å²) in [6.45, 7) is 0.116. The summed E-state index contributed by atoms with van der Waals surface area (Å²) in [7, 11) is 1.75. The van der Waals surface area contributed by atoms with Crippen LogP contribution in [0, 0.1) is 0 Å². The van der Waals surface area contributed by atoms with E-state index in [0.717, 1.165) is 27.6 Å². The van der Waals surface area contributed by atoms with Crippen LogP contribution in [0.2, 0.25) is 0 Å². The Bertz CT molecular complexity index is 1290. The minimum absolute atomic E-state index is 0.0249. The predicted molar refractivity (Wildman–Crippen MR) is 107 cm³/mol. The van der Waals surface area contributed by atoms with Gasteiger partial charge in [-0.15, -0.1) is 0 Å². The van der Waals surface area contributed by atoms with Crippen LogP contribution < -0.4 is 10.9 Å². The van der Waals surface area contributed by atoms with Crippen molar-refractivity contribution in [2.45, 2.75) is 12.8 Å². The molecule has 0 radical (unpaired) electrons. The normalized spacial score (nSPS) is 10.9. The van der Waals surface area contributed by atoms with Gasteiger partial charge in [0.05, 0.1) is 12.1 Å². The summed E-state index contributed by atoms with van der Waals surface area (Å²) in [6.07, 6.45) is 3.72. The first-order valence-corrected chi connectivity index (χ1v) is 8.91. The maximum Gasteiger partial charge on any atom is 0.313 e. The molecule has 0 aliphatic rings. The fourth-order valence-electron chi connectivity index (χ4n) is 3.34. The molecule has 4 rings (SSSR count). The highest BCUT2D eigenvalue weighted by Gasteiger charge is 2.14. The Balaban J connectivity index is 1.85. The van der Waals surface area contributed by atoms with E-state index in [4.69, 9.17) is 0 Å². The molecule has 0 amide bonds. The maximum atomic E-state index is 12.4. The number of anilines is 1. The molecule has 0 unspecified atom stereocenters. The molecule has 0 saturated heterocycles. The van der Waals surface area contributed by atoms with Crippen LogP contribution >= 0.6 is 0 Å². The van der Waals surface area contributed by atoms with Crippen molar-refractivity contribution < 1.29 is 14.3 Å². The second-order valence-corrected chi connectivity index (χ2v) is 6.38. The molecule has 0 bridgehead atoms. The molecule has 0 saturated carbocycles. The summed E-state index contributed by atoms with van der Waals surface area (Å²) in [5.74, 6) is -0.116. The number of aryl methyl sites for hydroxylation is 1. The number of pyridine rings is 1. The van der Waals surface area contributed by atoms with Crippen LogP contribution in [0.15, 0.2) is 41.5 Å². The molecular formula is C20H17N5O4. The molecule has 0 aliphatic heterocycles. The molecule has 9 nitrogen and oxygen atoms in total. The van der Waals surface area contributed by atoms with E-state index in [1.54, 1.807) is 25.5 Å². The minimum Gasteiger partial charge on any atom is -0.395 e. The van der Waals surface area contributed by atoms with Gasteiger partial charge in [-0.3, -0.25) is 14.4 Å². The van der Waals surface area contributed by atoms with Gasteiger partial charge in [-0.1, -0.05) is 6.07 Å². The molecule has 3 aromatic heterocycles. The topological polar surface area (TPSA) is 130 Å². The summed E-state index contributed by atoms with van der Waals surface area (Å²) in [5, 5.41) is 4.46. The summed E-state index contributed by atoms with van der Waals surface area (Å²) in [6, 6.07) is 7.44. The lowest BCUT2D eigenvalue weighted by Gasteiger charge is -2.07. The third-order valence-corrected chi connectivity index (χ3v) is 4.68. The summed E-state index contributed by atoms with van der Waals surface area (Å²) in [5.41, 5.74) is 3.23. The van der Waals surface area contributed by atoms with Crippen molar-refractivity contribution in [2.75, 3.05) is 12.4 Å². The molecule has 0 aliphatic carbocycles. The molecule has 146 valence electrons. The Kier molecular flexibility index (Phi) is 4.78. The average molecular weight is 391 g/mol. The second-order valence-electron chi connectivity index (χ2n) is 6.38. The van der Waals surface area contributed by atoms with Gasteiger partial charge >= 0.3 is 12.4 Å². The van der Waals surface area contributed by atoms with Gasteiger partial charge in [-0.05, 0) is 30.2 Å². The van der Waals surface area contributed by atoms with Gasteiger partial charge in [0.25, 0.3) is 5.56 Å². The SMILES string of the molecule is CNc1nccc(-c2ccc3[nH]c(=O)c4[nH]cc(CCC(=O)OC=O)c4c3c2)n1. The number of aromatic amines is 2. The van der Waals surface area contributed by atoms with Crippen LogP contribution in [0.5, 0.6) is 0 Å². The monoisotopic (exact) mass is 391 g/mol. The number of hydrogen-bond acceptors (Lipinski definition) is 7. The van der Waals surface area contributed by atoms with Gasteiger partial charge < -0.3 is 20.0 Å². The van der Waals surface area contributed by atoms with Crippen molar-refractivity contribution in [3.05, 3.63) is 52.6 Å². The summed E-state index contributed by atoms with van der Waals surface area (Å²) in [4.78, 5) is 48.7. The van der Waals surface area contributed by atoms with E-state index in [1.165, 1.54) is 0 Å². The highest BCUT2D eigenvalue weighted by molar-refractivity contribution is 6.07. The van der Waals surface area contributed by atoms with Crippen LogP contribution in [0.25, 0.3) is 33.1 Å². The molecule has 1 aromatic carbocycles. The van der Waals surface area contributed by atoms with Crippen LogP contribution in [0.1, 0.15) is 12.0 Å². The Labute approximate surface area is 164 Å². The molecule has 0 spiro atoms. The van der Waals surface area contributed by atoms with E-state index < -0.39 is 5.97 Å². The van der Waals surface area contributed by atoms with E-state index >= 15 is 0 Å². The first-order valence-electron chi connectivity index (χ1n) is 8.91. The number of hydrogen-bond donors (Lipinski definition) is 3. The molecule has 0 atom stereocenters. The van der Waals surface area contributed by atoms with Gasteiger partial charge in [0.2, 0.25) is 5.95 Å². The summed E-state index contributed by atoms with van der Waals surface area (Å²) >= 11 is 0. The number of benzene rings is 1. The second kappa shape index (κ2) is 7.55. The lowest BCUT2D eigenvalue weighted by atomic mass is 10.0. The molecule has 4 aromatic rings. The van der Waals surface area contributed by atoms with Crippen LogP contribution in [0.3, 0.4) is 0 Å². The average Bonchev–Trinajstić information content (AvgIpc) is 3.17. The Morgan fingerprint density at radius 2 is 2.17 bits per heavy atom. The Hall–Kier alpha value is -4.01. The molecule has 3 N–H and O–H groups in total. The number of aromatic nitrogens is 4. The van der Waals surface area contributed by atoms with Crippen molar-refractivity contribution in [3.8, 4) is 11.3 Å². The molecule has 9 heteroatoms. The van der Waals surface area contributed by atoms with Gasteiger partial charge in [-0.25, -0.2) is 9.97 Å². The fraction of sp³-hybridized carbons (Fsp3) is 0.150. The van der Waals surface area contributed by atoms with Crippen molar-refractivity contribution in [2.24, 2.45) is 0 Å². The third kappa shape index (κ3) is 3.45. The number of ether oxygens (including phenoxy) is 1. The summed E-state index contributed by atoms with van der Waals surface area (Å²) < 4.78 is 4.34. The maximum absolute atomic E-state index is 12.4. The van der Waals surface area contributed by atoms with Gasteiger partial charge in [-0.2, -0.15) is 0 Å². The number of H-pyrrole nitrogens is 2. The van der Waals surface area contributed by atoms with Crippen molar-refractivity contribution in [1.29, 1.82) is 0 Å². The zero-order valence-electron chi connectivity index (χ0n) is 15.5. The van der Waals surface area contributed by atoms with E-state index in [0.29, 0.717) is 23.4 Å². The quantitative estimate of drug-likeness (QED) is 0.261. The number of nitrogens with zero attached hydrogens (tertiary/aromatic N) is 2. The molecular weight excluding hydrogens is 374 g/mol. The Morgan fingerprint density at radius 1 is 1.31 bits per heavy atom. The molecule has 3 heterocycles. The van der Waals surface area contributed by atoms with Crippen LogP contribution in [-0.4, -0.2) is 39.4 Å². The number of nitrogens with one attached hydrogen (secondary N) is 3. The van der Waals surface area contributed by atoms with E-state index in [-0.39, 0.29) is 18.5 Å². The smallest absolute Gasteiger partial charge is 0.313 e. The Morgan fingerprint density at radius 3 is 2.97 bits per heavy atom. The van der Waals surface area contributed by atoms with E-state index in [1.807, 2.05) is 18.2 Å². The van der Waals surface area contributed by atoms with Crippen molar-refractivity contribution in [1.82, 2.24) is 19.9 Å². The molecule has 0 fully saturated rings. The zero-order valence-corrected chi connectivity index (χ0v) is 15.5. The standard InChI is InChI=1S/C20H17N5O4/c1-21-20-22-7-6-14(25-20)11-2-4-15-13(8-11)17-12(3-5-16(27)29-10-26)9-23-18(17)19(28)24-15/h2,4,6-10,23H,3,5H2,1H3,(H,24,28)(H,21,22,25).